The Morgan fingerprint density at radius 1 is 1.15 bits per heavy atom. The number of rotatable bonds is 7. The van der Waals surface area contributed by atoms with Crippen LogP contribution in [0.4, 0.5) is 0 Å². The second-order valence-electron chi connectivity index (χ2n) is 4.51. The van der Waals surface area contributed by atoms with Gasteiger partial charge in [0.1, 0.15) is 12.4 Å². The monoisotopic (exact) mass is 291 g/mol. The topological polar surface area (TPSA) is 44.5 Å². The van der Waals surface area contributed by atoms with Crippen LogP contribution in [-0.2, 0) is 11.2 Å². The van der Waals surface area contributed by atoms with Crippen molar-refractivity contribution >= 4 is 11.3 Å². The molecule has 0 radical (unpaired) electrons. The first-order valence-corrected chi connectivity index (χ1v) is 7.62. The number of benzene rings is 1. The van der Waals surface area contributed by atoms with Gasteiger partial charge in [0.15, 0.2) is 0 Å². The maximum atomic E-state index is 6.39. The molecule has 0 spiro atoms. The summed E-state index contributed by atoms with van der Waals surface area (Å²) in [5.41, 5.74) is 7.41. The van der Waals surface area contributed by atoms with E-state index in [9.17, 15) is 0 Å². The van der Waals surface area contributed by atoms with Crippen LogP contribution in [0.3, 0.4) is 0 Å². The van der Waals surface area contributed by atoms with Crippen molar-refractivity contribution in [2.24, 2.45) is 5.73 Å². The molecule has 0 aliphatic heterocycles. The first-order chi connectivity index (χ1) is 9.76. The molecule has 1 heterocycles. The number of methoxy groups -OCH3 is 1. The second kappa shape index (κ2) is 7.43. The highest BCUT2D eigenvalue weighted by Gasteiger charge is 2.15. The summed E-state index contributed by atoms with van der Waals surface area (Å²) in [6.45, 7) is 3.26. The average molecular weight is 291 g/mol. The molecule has 1 atom stereocenters. The minimum absolute atomic E-state index is 0.140. The molecule has 108 valence electrons. The van der Waals surface area contributed by atoms with Crippen LogP contribution in [0.15, 0.2) is 36.4 Å². The lowest BCUT2D eigenvalue weighted by molar-refractivity contribution is 0.145. The normalized spacial score (nSPS) is 12.3. The molecule has 2 rings (SSSR count). The zero-order valence-electron chi connectivity index (χ0n) is 12.0. The van der Waals surface area contributed by atoms with Crippen molar-refractivity contribution in [3.63, 3.8) is 0 Å². The molecule has 1 unspecified atom stereocenters. The summed E-state index contributed by atoms with van der Waals surface area (Å²) in [6, 6.07) is 12.1. The number of nitrogens with two attached hydrogens (primary N) is 1. The van der Waals surface area contributed by atoms with Crippen molar-refractivity contribution in [2.75, 3.05) is 20.3 Å². The van der Waals surface area contributed by atoms with Crippen molar-refractivity contribution in [3.05, 3.63) is 51.7 Å². The molecule has 0 saturated heterocycles. The van der Waals surface area contributed by atoms with Crippen LogP contribution in [0.25, 0.3) is 0 Å². The minimum atomic E-state index is -0.140. The summed E-state index contributed by atoms with van der Waals surface area (Å²) in [4.78, 5) is 2.53. The fraction of sp³-hybridized carbons (Fsp3) is 0.375. The molecule has 2 N–H and O–H groups in total. The number of para-hydroxylation sites is 1. The summed E-state index contributed by atoms with van der Waals surface area (Å²) < 4.78 is 10.8. The molecule has 2 aromatic rings. The Bertz CT molecular complexity index is 539. The van der Waals surface area contributed by atoms with Gasteiger partial charge in [0, 0.05) is 22.4 Å². The molecule has 0 bridgehead atoms. The fourth-order valence-electron chi connectivity index (χ4n) is 2.01. The lowest BCUT2D eigenvalue weighted by Gasteiger charge is -2.16. The van der Waals surface area contributed by atoms with Crippen LogP contribution in [0.2, 0.25) is 0 Å². The van der Waals surface area contributed by atoms with Crippen molar-refractivity contribution in [1.29, 1.82) is 0 Å². The smallest absolute Gasteiger partial charge is 0.124 e. The fourth-order valence-corrected chi connectivity index (χ4v) is 2.98. The van der Waals surface area contributed by atoms with Crippen LogP contribution in [0.5, 0.6) is 5.75 Å². The number of hydrogen-bond donors (Lipinski definition) is 1. The SMILES string of the molecule is CCc1ccc(C(N)c2ccccc2OCCOC)s1. The highest BCUT2D eigenvalue weighted by molar-refractivity contribution is 7.12. The van der Waals surface area contributed by atoms with Crippen LogP contribution < -0.4 is 10.5 Å². The molecule has 3 nitrogen and oxygen atoms in total. The lowest BCUT2D eigenvalue weighted by atomic mass is 10.1. The summed E-state index contributed by atoms with van der Waals surface area (Å²) in [7, 11) is 1.67. The van der Waals surface area contributed by atoms with Gasteiger partial charge in [-0.15, -0.1) is 11.3 Å². The molecular formula is C16H21NO2S. The van der Waals surface area contributed by atoms with Crippen LogP contribution in [-0.4, -0.2) is 20.3 Å². The quantitative estimate of drug-likeness (QED) is 0.795. The van der Waals surface area contributed by atoms with E-state index in [1.54, 1.807) is 18.4 Å². The van der Waals surface area contributed by atoms with Crippen molar-refractivity contribution < 1.29 is 9.47 Å². The van der Waals surface area contributed by atoms with Gasteiger partial charge in [-0.1, -0.05) is 25.1 Å². The van der Waals surface area contributed by atoms with E-state index in [1.165, 1.54) is 9.75 Å². The third kappa shape index (κ3) is 3.60. The van der Waals surface area contributed by atoms with E-state index in [4.69, 9.17) is 15.2 Å². The Balaban J connectivity index is 2.18. The zero-order valence-corrected chi connectivity index (χ0v) is 12.8. The minimum Gasteiger partial charge on any atom is -0.491 e. The van der Waals surface area contributed by atoms with E-state index >= 15 is 0 Å². The molecule has 0 fully saturated rings. The van der Waals surface area contributed by atoms with Crippen LogP contribution >= 0.6 is 11.3 Å². The Hall–Kier alpha value is -1.36. The van der Waals surface area contributed by atoms with Gasteiger partial charge in [-0.2, -0.15) is 0 Å². The number of aryl methyl sites for hydroxylation is 1. The molecule has 20 heavy (non-hydrogen) atoms. The van der Waals surface area contributed by atoms with Gasteiger partial charge in [-0.25, -0.2) is 0 Å². The van der Waals surface area contributed by atoms with Gasteiger partial charge >= 0.3 is 0 Å². The molecule has 0 amide bonds. The largest absolute Gasteiger partial charge is 0.491 e. The summed E-state index contributed by atoms with van der Waals surface area (Å²) in [5, 5.41) is 0. The van der Waals surface area contributed by atoms with E-state index in [0.29, 0.717) is 13.2 Å². The van der Waals surface area contributed by atoms with Crippen LogP contribution in [0, 0.1) is 0 Å². The van der Waals surface area contributed by atoms with E-state index in [1.807, 2.05) is 24.3 Å². The third-order valence-corrected chi connectivity index (χ3v) is 4.45. The highest BCUT2D eigenvalue weighted by atomic mass is 32.1. The van der Waals surface area contributed by atoms with E-state index in [2.05, 4.69) is 19.1 Å². The van der Waals surface area contributed by atoms with Gasteiger partial charge in [-0.05, 0) is 24.6 Å². The Morgan fingerprint density at radius 2 is 1.95 bits per heavy atom. The maximum Gasteiger partial charge on any atom is 0.124 e. The van der Waals surface area contributed by atoms with E-state index in [0.717, 1.165) is 17.7 Å². The van der Waals surface area contributed by atoms with Gasteiger partial charge < -0.3 is 15.2 Å². The Kier molecular flexibility index (Phi) is 5.59. The predicted octanol–water partition coefficient (Wildman–Crippen LogP) is 3.38. The average Bonchev–Trinajstić information content (AvgIpc) is 2.96. The molecule has 0 aliphatic carbocycles. The van der Waals surface area contributed by atoms with Gasteiger partial charge in [0.05, 0.1) is 12.6 Å². The van der Waals surface area contributed by atoms with E-state index in [-0.39, 0.29) is 6.04 Å². The standard InChI is InChI=1S/C16H21NO2S/c1-3-12-8-9-15(20-12)16(17)13-6-4-5-7-14(13)19-11-10-18-2/h4-9,16H,3,10-11,17H2,1-2H3. The summed E-state index contributed by atoms with van der Waals surface area (Å²) in [6.07, 6.45) is 1.05. The summed E-state index contributed by atoms with van der Waals surface area (Å²) >= 11 is 1.77. The third-order valence-electron chi connectivity index (χ3n) is 3.14. The van der Waals surface area contributed by atoms with Crippen LogP contribution in [0.1, 0.15) is 28.3 Å². The molecule has 0 saturated carbocycles. The molecule has 4 heteroatoms. The van der Waals surface area contributed by atoms with E-state index < -0.39 is 0 Å². The first kappa shape index (κ1) is 15.0. The van der Waals surface area contributed by atoms with Crippen molar-refractivity contribution in [2.45, 2.75) is 19.4 Å². The maximum absolute atomic E-state index is 6.39. The zero-order chi connectivity index (χ0) is 14.4. The Labute approximate surface area is 124 Å². The van der Waals surface area contributed by atoms with Crippen molar-refractivity contribution in [3.8, 4) is 5.75 Å². The number of ether oxygens (including phenoxy) is 2. The molecular weight excluding hydrogens is 270 g/mol. The number of hydrogen-bond acceptors (Lipinski definition) is 4. The molecule has 0 aliphatic rings. The van der Waals surface area contributed by atoms with Gasteiger partial charge in [0.2, 0.25) is 0 Å². The molecule has 1 aromatic heterocycles. The first-order valence-electron chi connectivity index (χ1n) is 6.81. The Morgan fingerprint density at radius 3 is 2.65 bits per heavy atom. The summed E-state index contributed by atoms with van der Waals surface area (Å²) in [5.74, 6) is 0.837. The highest BCUT2D eigenvalue weighted by Crippen LogP contribution is 2.32. The molecule has 1 aromatic carbocycles. The second-order valence-corrected chi connectivity index (χ2v) is 5.71. The van der Waals surface area contributed by atoms with Gasteiger partial charge in [0.25, 0.3) is 0 Å². The van der Waals surface area contributed by atoms with Gasteiger partial charge in [-0.3, -0.25) is 0 Å². The lowest BCUT2D eigenvalue weighted by Crippen LogP contribution is -2.13. The predicted molar refractivity (Wildman–Crippen MR) is 83.5 cm³/mol. The number of thiophene rings is 1. The van der Waals surface area contributed by atoms with Crippen molar-refractivity contribution in [1.82, 2.24) is 0 Å².